The molecule has 0 aliphatic rings. The van der Waals surface area contributed by atoms with E-state index >= 15 is 0 Å². The lowest BCUT2D eigenvalue weighted by molar-refractivity contribution is -0.384. The van der Waals surface area contributed by atoms with Crippen LogP contribution < -0.4 is 14.8 Å². The molecule has 0 bridgehead atoms. The number of benzene rings is 1. The molecule has 1 amide bonds. The molecule has 116 valence electrons. The van der Waals surface area contributed by atoms with Crippen LogP contribution in [0.5, 0.6) is 11.5 Å². The minimum Gasteiger partial charge on any atom is -0.493 e. The minimum atomic E-state index is -0.794. The van der Waals surface area contributed by atoms with E-state index in [0.29, 0.717) is 0 Å². The standard InChI is InChI=1S/C13H18N2O6/c1-13(2,3)21-12(16)14-8-6-10(19-4)11(20-5)7-9(8)15(17)18/h6-7H,1-5H3,(H,14,16). The van der Waals surface area contributed by atoms with Crippen molar-refractivity contribution < 1.29 is 23.9 Å². The van der Waals surface area contributed by atoms with E-state index in [4.69, 9.17) is 14.2 Å². The number of carbonyl (C=O) groups is 1. The number of amides is 1. The topological polar surface area (TPSA) is 99.9 Å². The van der Waals surface area contributed by atoms with Crippen molar-refractivity contribution >= 4 is 17.5 Å². The molecule has 1 aromatic rings. The number of nitro benzene ring substituents is 1. The van der Waals surface area contributed by atoms with Crippen LogP contribution in [0.3, 0.4) is 0 Å². The molecule has 0 aromatic heterocycles. The first-order valence-corrected chi connectivity index (χ1v) is 6.08. The predicted molar refractivity (Wildman–Crippen MR) is 76.1 cm³/mol. The molecule has 8 nitrogen and oxygen atoms in total. The molecular weight excluding hydrogens is 280 g/mol. The fourth-order valence-corrected chi connectivity index (χ4v) is 1.53. The van der Waals surface area contributed by atoms with Crippen LogP contribution in [0, 0.1) is 10.1 Å². The van der Waals surface area contributed by atoms with Gasteiger partial charge in [-0.2, -0.15) is 0 Å². The molecule has 1 aromatic carbocycles. The number of carbonyl (C=O) groups excluding carboxylic acids is 1. The van der Waals surface area contributed by atoms with E-state index in [1.165, 1.54) is 26.4 Å². The molecule has 0 aliphatic carbocycles. The lowest BCUT2D eigenvalue weighted by Crippen LogP contribution is -2.27. The van der Waals surface area contributed by atoms with Gasteiger partial charge in [-0.15, -0.1) is 0 Å². The summed E-state index contributed by atoms with van der Waals surface area (Å²) in [5.41, 5.74) is -1.07. The number of hydrogen-bond acceptors (Lipinski definition) is 6. The summed E-state index contributed by atoms with van der Waals surface area (Å²) in [6.07, 6.45) is -0.794. The van der Waals surface area contributed by atoms with Gasteiger partial charge >= 0.3 is 6.09 Å². The zero-order valence-electron chi connectivity index (χ0n) is 12.6. The van der Waals surface area contributed by atoms with E-state index in [9.17, 15) is 14.9 Å². The zero-order valence-corrected chi connectivity index (χ0v) is 12.6. The molecule has 8 heteroatoms. The van der Waals surface area contributed by atoms with Gasteiger partial charge in [-0.1, -0.05) is 0 Å². The Morgan fingerprint density at radius 2 is 1.71 bits per heavy atom. The van der Waals surface area contributed by atoms with Gasteiger partial charge in [0.15, 0.2) is 11.5 Å². The van der Waals surface area contributed by atoms with Crippen LogP contribution in [0.25, 0.3) is 0 Å². The molecule has 0 fully saturated rings. The Balaban J connectivity index is 3.15. The van der Waals surface area contributed by atoms with Crippen molar-refractivity contribution in [2.24, 2.45) is 0 Å². The quantitative estimate of drug-likeness (QED) is 0.677. The van der Waals surface area contributed by atoms with Gasteiger partial charge in [0, 0.05) is 6.07 Å². The normalized spacial score (nSPS) is 10.7. The molecule has 21 heavy (non-hydrogen) atoms. The first-order chi connectivity index (χ1) is 9.67. The average Bonchev–Trinajstić information content (AvgIpc) is 2.35. The van der Waals surface area contributed by atoms with Crippen LogP contribution in [0.2, 0.25) is 0 Å². The van der Waals surface area contributed by atoms with Gasteiger partial charge < -0.3 is 14.2 Å². The molecule has 0 atom stereocenters. The van der Waals surface area contributed by atoms with E-state index in [1.807, 2.05) is 0 Å². The molecule has 0 unspecified atom stereocenters. The summed E-state index contributed by atoms with van der Waals surface area (Å²) in [5.74, 6) is 0.452. The molecule has 0 radical (unpaired) electrons. The smallest absolute Gasteiger partial charge is 0.412 e. The van der Waals surface area contributed by atoms with Crippen LogP contribution in [-0.2, 0) is 4.74 Å². The Labute approximate surface area is 122 Å². The second-order valence-electron chi connectivity index (χ2n) is 5.11. The number of anilines is 1. The molecule has 0 saturated carbocycles. The van der Waals surface area contributed by atoms with Crippen LogP contribution in [-0.4, -0.2) is 30.8 Å². The number of ether oxygens (including phenoxy) is 3. The fourth-order valence-electron chi connectivity index (χ4n) is 1.53. The lowest BCUT2D eigenvalue weighted by Gasteiger charge is -2.20. The number of methoxy groups -OCH3 is 2. The number of nitro groups is 1. The van der Waals surface area contributed by atoms with Gasteiger partial charge in [-0.05, 0) is 20.8 Å². The molecule has 0 spiro atoms. The van der Waals surface area contributed by atoms with Crippen molar-refractivity contribution in [1.82, 2.24) is 0 Å². The maximum absolute atomic E-state index is 11.7. The Bertz CT molecular complexity index is 550. The largest absolute Gasteiger partial charge is 0.493 e. The van der Waals surface area contributed by atoms with Crippen molar-refractivity contribution in [3.8, 4) is 11.5 Å². The fraction of sp³-hybridized carbons (Fsp3) is 0.462. The van der Waals surface area contributed by atoms with Gasteiger partial charge in [0.25, 0.3) is 5.69 Å². The minimum absolute atomic E-state index is 0.0353. The van der Waals surface area contributed by atoms with Crippen molar-refractivity contribution in [3.63, 3.8) is 0 Å². The maximum Gasteiger partial charge on any atom is 0.412 e. The molecule has 0 heterocycles. The summed E-state index contributed by atoms with van der Waals surface area (Å²) in [6, 6.07) is 2.48. The van der Waals surface area contributed by atoms with Crippen molar-refractivity contribution in [2.75, 3.05) is 19.5 Å². The Morgan fingerprint density at radius 1 is 1.19 bits per heavy atom. The Hall–Kier alpha value is -2.51. The molecule has 0 saturated heterocycles. The van der Waals surface area contributed by atoms with E-state index in [2.05, 4.69) is 5.32 Å². The number of nitrogens with one attached hydrogen (secondary N) is 1. The Morgan fingerprint density at radius 3 is 2.14 bits per heavy atom. The summed E-state index contributed by atoms with van der Waals surface area (Å²) in [5, 5.41) is 13.4. The predicted octanol–water partition coefficient (Wildman–Crippen LogP) is 2.96. The van der Waals surface area contributed by atoms with E-state index in [1.54, 1.807) is 20.8 Å². The summed E-state index contributed by atoms with van der Waals surface area (Å²) in [6.45, 7) is 5.07. The number of rotatable bonds is 4. The van der Waals surface area contributed by atoms with Crippen molar-refractivity contribution in [2.45, 2.75) is 26.4 Å². The second-order valence-corrected chi connectivity index (χ2v) is 5.11. The third-order valence-corrected chi connectivity index (χ3v) is 2.33. The van der Waals surface area contributed by atoms with Crippen LogP contribution in [0.4, 0.5) is 16.2 Å². The van der Waals surface area contributed by atoms with Crippen LogP contribution in [0.15, 0.2) is 12.1 Å². The highest BCUT2D eigenvalue weighted by molar-refractivity contribution is 5.89. The van der Waals surface area contributed by atoms with E-state index in [0.717, 1.165) is 0 Å². The first-order valence-electron chi connectivity index (χ1n) is 6.08. The van der Waals surface area contributed by atoms with E-state index < -0.39 is 16.6 Å². The molecule has 0 aliphatic heterocycles. The van der Waals surface area contributed by atoms with Crippen molar-refractivity contribution in [3.05, 3.63) is 22.2 Å². The van der Waals surface area contributed by atoms with E-state index in [-0.39, 0.29) is 22.9 Å². The Kier molecular flexibility index (Phi) is 4.96. The highest BCUT2D eigenvalue weighted by atomic mass is 16.6. The monoisotopic (exact) mass is 298 g/mol. The molecular formula is C13H18N2O6. The van der Waals surface area contributed by atoms with Crippen LogP contribution >= 0.6 is 0 Å². The first kappa shape index (κ1) is 16.5. The third-order valence-electron chi connectivity index (χ3n) is 2.33. The number of nitrogens with zero attached hydrogens (tertiary/aromatic N) is 1. The van der Waals surface area contributed by atoms with Crippen LogP contribution in [0.1, 0.15) is 20.8 Å². The lowest BCUT2D eigenvalue weighted by atomic mass is 10.2. The summed E-state index contributed by atoms with van der Waals surface area (Å²) in [4.78, 5) is 22.2. The second kappa shape index (κ2) is 6.29. The average molecular weight is 298 g/mol. The summed E-state index contributed by atoms with van der Waals surface area (Å²) in [7, 11) is 2.75. The third kappa shape index (κ3) is 4.51. The maximum atomic E-state index is 11.7. The molecule has 1 rings (SSSR count). The summed E-state index contributed by atoms with van der Waals surface area (Å²) >= 11 is 0. The van der Waals surface area contributed by atoms with Gasteiger partial charge in [0.2, 0.25) is 0 Å². The van der Waals surface area contributed by atoms with Gasteiger partial charge in [0.1, 0.15) is 11.3 Å². The SMILES string of the molecule is COc1cc(NC(=O)OC(C)(C)C)c([N+](=O)[O-])cc1OC. The van der Waals surface area contributed by atoms with Gasteiger partial charge in [-0.3, -0.25) is 15.4 Å². The van der Waals surface area contributed by atoms with Crippen molar-refractivity contribution in [1.29, 1.82) is 0 Å². The zero-order chi connectivity index (χ0) is 16.2. The summed E-state index contributed by atoms with van der Waals surface area (Å²) < 4.78 is 15.1. The number of hydrogen-bond donors (Lipinski definition) is 1. The van der Waals surface area contributed by atoms with Gasteiger partial charge in [0.05, 0.1) is 25.2 Å². The highest BCUT2D eigenvalue weighted by Gasteiger charge is 2.23. The van der Waals surface area contributed by atoms with Gasteiger partial charge in [-0.25, -0.2) is 4.79 Å². The molecule has 1 N–H and O–H groups in total. The highest BCUT2D eigenvalue weighted by Crippen LogP contribution is 2.37.